The fraction of sp³-hybridized carbons (Fsp3) is 0.250. The Hall–Kier alpha value is -1.57. The van der Waals surface area contributed by atoms with Gasteiger partial charge in [-0.15, -0.1) is 19.0 Å². The van der Waals surface area contributed by atoms with Gasteiger partial charge in [0.15, 0.2) is 0 Å². The van der Waals surface area contributed by atoms with Gasteiger partial charge in [0.2, 0.25) is 0 Å². The largest absolute Gasteiger partial charge is 0.506 e. The molecule has 0 aliphatic heterocycles. The molecule has 1 rings (SSSR count). The summed E-state index contributed by atoms with van der Waals surface area (Å²) in [6.07, 6.45) is 3.00. The molecule has 0 heterocycles. The van der Waals surface area contributed by atoms with Crippen LogP contribution in [0.15, 0.2) is 24.8 Å². The first-order valence-corrected chi connectivity index (χ1v) is 4.89. The predicted molar refractivity (Wildman–Crippen MR) is 66.4 cm³/mol. The molecule has 1 aromatic carbocycles. The maximum atomic E-state index is 13.1. The third kappa shape index (κ3) is 3.45. The number of nitrogens with two attached hydrogens (primary N) is 1. The van der Waals surface area contributed by atoms with Crippen LogP contribution in [-0.4, -0.2) is 5.11 Å². The maximum absolute atomic E-state index is 13.1. The van der Waals surface area contributed by atoms with E-state index in [2.05, 4.69) is 6.58 Å². The number of rotatable bonds is 4. The van der Waals surface area contributed by atoms with Crippen molar-refractivity contribution in [3.8, 4) is 11.8 Å². The molecule has 0 fully saturated rings. The van der Waals surface area contributed by atoms with Gasteiger partial charge in [0.1, 0.15) is 23.2 Å². The van der Waals surface area contributed by atoms with E-state index in [-0.39, 0.29) is 23.7 Å². The smallest absolute Gasteiger partial charge is 0.144 e. The number of benzene rings is 1. The topological polar surface area (TPSA) is 70.0 Å². The lowest BCUT2D eigenvalue weighted by Gasteiger charge is -2.13. The van der Waals surface area contributed by atoms with Crippen LogP contribution in [0.3, 0.4) is 0 Å². The Morgan fingerprint density at radius 3 is 2.76 bits per heavy atom. The lowest BCUT2D eigenvalue weighted by atomic mass is 9.99. The van der Waals surface area contributed by atoms with Gasteiger partial charge in [-0.05, 0) is 18.9 Å². The number of halogens is 2. The number of nitrogens with zero attached hydrogens (tertiary/aromatic N) is 1. The summed E-state index contributed by atoms with van der Waals surface area (Å²) in [6, 6.07) is 3.73. The van der Waals surface area contributed by atoms with E-state index in [4.69, 9.17) is 11.0 Å². The minimum Gasteiger partial charge on any atom is -0.506 e. The molecule has 0 aliphatic carbocycles. The second kappa shape index (κ2) is 6.89. The van der Waals surface area contributed by atoms with Gasteiger partial charge in [0.25, 0.3) is 0 Å². The molecule has 0 aromatic heterocycles. The van der Waals surface area contributed by atoms with Crippen molar-refractivity contribution in [2.24, 2.45) is 5.73 Å². The van der Waals surface area contributed by atoms with Crippen molar-refractivity contribution in [2.45, 2.75) is 18.9 Å². The summed E-state index contributed by atoms with van der Waals surface area (Å²) in [5.41, 5.74) is 5.85. The van der Waals surface area contributed by atoms with E-state index in [9.17, 15) is 9.50 Å². The van der Waals surface area contributed by atoms with E-state index in [1.165, 1.54) is 6.07 Å². The van der Waals surface area contributed by atoms with Crippen LogP contribution in [0.2, 0.25) is 0 Å². The molecule has 1 atom stereocenters. The number of hydrogen-bond donors (Lipinski definition) is 2. The van der Waals surface area contributed by atoms with Crippen molar-refractivity contribution in [2.75, 3.05) is 0 Å². The van der Waals surface area contributed by atoms with Gasteiger partial charge in [-0.2, -0.15) is 5.26 Å². The van der Waals surface area contributed by atoms with Gasteiger partial charge in [-0.25, -0.2) is 4.39 Å². The monoisotopic (exact) mass is 256 g/mol. The van der Waals surface area contributed by atoms with Crippen LogP contribution < -0.4 is 5.73 Å². The summed E-state index contributed by atoms with van der Waals surface area (Å²) in [4.78, 5) is 0. The van der Waals surface area contributed by atoms with Crippen LogP contribution in [0.1, 0.15) is 30.0 Å². The molecule has 0 bridgehead atoms. The molecular formula is C12H14ClFN2O. The van der Waals surface area contributed by atoms with Crippen molar-refractivity contribution >= 4 is 12.4 Å². The standard InChI is InChI=1S/C12H13FN2O.ClH/c1-2-3-4-11(15)8-5-6-10(13)9(7-14)12(8)16;/h2,5-6,11,16H,1,3-4,15H2;1H/t11-;/m0./s1. The highest BCUT2D eigenvalue weighted by Gasteiger charge is 2.16. The van der Waals surface area contributed by atoms with E-state index in [0.717, 1.165) is 6.07 Å². The first-order chi connectivity index (χ1) is 7.61. The molecule has 0 radical (unpaired) electrons. The first-order valence-electron chi connectivity index (χ1n) is 4.89. The van der Waals surface area contributed by atoms with Crippen LogP contribution in [-0.2, 0) is 0 Å². The molecule has 3 N–H and O–H groups in total. The van der Waals surface area contributed by atoms with Crippen molar-refractivity contribution in [1.29, 1.82) is 5.26 Å². The number of phenols is 1. The van der Waals surface area contributed by atoms with Crippen molar-refractivity contribution in [3.05, 3.63) is 41.7 Å². The Kier molecular flexibility index (Phi) is 6.26. The lowest BCUT2D eigenvalue weighted by molar-refractivity contribution is 0.450. The molecule has 0 saturated heterocycles. The van der Waals surface area contributed by atoms with Crippen molar-refractivity contribution in [1.82, 2.24) is 0 Å². The van der Waals surface area contributed by atoms with E-state index in [1.807, 2.05) is 0 Å². The predicted octanol–water partition coefficient (Wildman–Crippen LogP) is 2.79. The van der Waals surface area contributed by atoms with E-state index >= 15 is 0 Å². The van der Waals surface area contributed by atoms with Gasteiger partial charge in [0, 0.05) is 11.6 Å². The quantitative estimate of drug-likeness (QED) is 0.814. The summed E-state index contributed by atoms with van der Waals surface area (Å²) in [5.74, 6) is -1.10. The zero-order valence-corrected chi connectivity index (χ0v) is 10.0. The average molecular weight is 257 g/mol. The van der Waals surface area contributed by atoms with Crippen LogP contribution in [0.25, 0.3) is 0 Å². The molecule has 5 heteroatoms. The highest BCUT2D eigenvalue weighted by molar-refractivity contribution is 5.85. The number of nitriles is 1. The molecule has 1 aromatic rings. The second-order valence-electron chi connectivity index (χ2n) is 3.44. The first kappa shape index (κ1) is 15.4. The fourth-order valence-corrected chi connectivity index (χ4v) is 1.44. The van der Waals surface area contributed by atoms with E-state index < -0.39 is 11.9 Å². The highest BCUT2D eigenvalue weighted by atomic mass is 35.5. The third-order valence-corrected chi connectivity index (χ3v) is 2.35. The second-order valence-corrected chi connectivity index (χ2v) is 3.44. The van der Waals surface area contributed by atoms with Crippen molar-refractivity contribution in [3.63, 3.8) is 0 Å². The Morgan fingerprint density at radius 2 is 2.24 bits per heavy atom. The fourth-order valence-electron chi connectivity index (χ4n) is 1.44. The van der Waals surface area contributed by atoms with Crippen LogP contribution in [0.5, 0.6) is 5.75 Å². The molecule has 3 nitrogen and oxygen atoms in total. The summed E-state index contributed by atoms with van der Waals surface area (Å²) in [5, 5.41) is 18.3. The van der Waals surface area contributed by atoms with Crippen LogP contribution in [0, 0.1) is 17.1 Å². The summed E-state index contributed by atoms with van der Waals surface area (Å²) < 4.78 is 13.1. The molecule has 0 unspecified atom stereocenters. The van der Waals surface area contributed by atoms with Gasteiger partial charge in [-0.1, -0.05) is 12.1 Å². The molecule has 0 spiro atoms. The number of aromatic hydroxyl groups is 1. The highest BCUT2D eigenvalue weighted by Crippen LogP contribution is 2.30. The zero-order valence-electron chi connectivity index (χ0n) is 9.19. The molecule has 92 valence electrons. The SMILES string of the molecule is C=CCC[C@H](N)c1ccc(F)c(C#N)c1O.Cl. The molecule has 17 heavy (non-hydrogen) atoms. The van der Waals surface area contributed by atoms with E-state index in [0.29, 0.717) is 18.4 Å². The van der Waals surface area contributed by atoms with Gasteiger partial charge < -0.3 is 10.8 Å². The Bertz CT molecular complexity index is 443. The maximum Gasteiger partial charge on any atom is 0.144 e. The average Bonchev–Trinajstić information content (AvgIpc) is 2.26. The molecular weight excluding hydrogens is 243 g/mol. The lowest BCUT2D eigenvalue weighted by Crippen LogP contribution is -2.10. The minimum absolute atomic E-state index is 0. The molecule has 0 saturated carbocycles. The van der Waals surface area contributed by atoms with Gasteiger partial charge >= 0.3 is 0 Å². The summed E-state index contributed by atoms with van der Waals surface area (Å²) >= 11 is 0. The Morgan fingerprint density at radius 1 is 1.59 bits per heavy atom. The van der Waals surface area contributed by atoms with Crippen LogP contribution in [0.4, 0.5) is 4.39 Å². The summed E-state index contributed by atoms with van der Waals surface area (Å²) in [7, 11) is 0. The molecule has 0 aliphatic rings. The van der Waals surface area contributed by atoms with Gasteiger partial charge in [-0.3, -0.25) is 0 Å². The Balaban J connectivity index is 0.00000256. The number of hydrogen-bond acceptors (Lipinski definition) is 3. The number of phenolic OH excluding ortho intramolecular Hbond substituents is 1. The molecule has 0 amide bonds. The number of allylic oxidation sites excluding steroid dienone is 1. The zero-order chi connectivity index (χ0) is 12.1. The third-order valence-electron chi connectivity index (χ3n) is 2.35. The van der Waals surface area contributed by atoms with Gasteiger partial charge in [0.05, 0.1) is 0 Å². The van der Waals surface area contributed by atoms with Crippen LogP contribution >= 0.6 is 12.4 Å². The normalized spacial score (nSPS) is 11.1. The minimum atomic E-state index is -0.736. The summed E-state index contributed by atoms with van der Waals surface area (Å²) in [6.45, 7) is 3.57. The van der Waals surface area contributed by atoms with Crippen molar-refractivity contribution < 1.29 is 9.50 Å². The van der Waals surface area contributed by atoms with E-state index in [1.54, 1.807) is 12.1 Å². The Labute approximate surface area is 106 Å².